The van der Waals surface area contributed by atoms with Gasteiger partial charge in [0.15, 0.2) is 0 Å². The smallest absolute Gasteiger partial charge is 0.223 e. The van der Waals surface area contributed by atoms with E-state index in [1.807, 2.05) is 30.5 Å². The van der Waals surface area contributed by atoms with Crippen LogP contribution in [0.2, 0.25) is 5.02 Å². The number of hydrogen-bond acceptors (Lipinski definition) is 3. The van der Waals surface area contributed by atoms with Crippen molar-refractivity contribution in [2.24, 2.45) is 5.92 Å². The Balaban J connectivity index is 1.48. The average molecular weight is 332 g/mol. The van der Waals surface area contributed by atoms with E-state index in [1.54, 1.807) is 0 Å². The zero-order valence-electron chi connectivity index (χ0n) is 12.7. The van der Waals surface area contributed by atoms with Gasteiger partial charge < -0.3 is 14.6 Å². The number of benzene rings is 1. The number of rotatable bonds is 4. The van der Waals surface area contributed by atoms with E-state index in [4.69, 9.17) is 16.3 Å². The Morgan fingerprint density at radius 2 is 2.13 bits per heavy atom. The normalized spacial score (nSPS) is 20.1. The molecule has 1 saturated carbocycles. The van der Waals surface area contributed by atoms with Crippen molar-refractivity contribution in [3.05, 3.63) is 41.3 Å². The minimum Gasteiger partial charge on any atom is -0.367 e. The lowest BCUT2D eigenvalue weighted by Gasteiger charge is -2.26. The predicted molar refractivity (Wildman–Crippen MR) is 87.0 cm³/mol. The Kier molecular flexibility index (Phi) is 3.83. The van der Waals surface area contributed by atoms with Crippen molar-refractivity contribution in [1.82, 2.24) is 14.9 Å². The van der Waals surface area contributed by atoms with Crippen molar-refractivity contribution in [1.29, 1.82) is 0 Å². The minimum atomic E-state index is -0.0227. The van der Waals surface area contributed by atoms with Crippen LogP contribution in [-0.4, -0.2) is 28.1 Å². The number of nitrogens with zero attached hydrogens (tertiary/aromatic N) is 2. The summed E-state index contributed by atoms with van der Waals surface area (Å²) in [7, 11) is 0. The van der Waals surface area contributed by atoms with Crippen molar-refractivity contribution < 1.29 is 9.53 Å². The number of carbonyl (C=O) groups is 1. The van der Waals surface area contributed by atoms with E-state index in [0.717, 1.165) is 34.9 Å². The van der Waals surface area contributed by atoms with Gasteiger partial charge in [-0.05, 0) is 30.5 Å². The van der Waals surface area contributed by atoms with Gasteiger partial charge >= 0.3 is 0 Å². The molecule has 1 N–H and O–H groups in total. The maximum absolute atomic E-state index is 11.8. The van der Waals surface area contributed by atoms with Crippen LogP contribution in [0.15, 0.2) is 30.5 Å². The van der Waals surface area contributed by atoms with Crippen LogP contribution < -0.4 is 5.32 Å². The van der Waals surface area contributed by atoms with Gasteiger partial charge in [-0.3, -0.25) is 4.79 Å². The van der Waals surface area contributed by atoms with E-state index >= 15 is 0 Å². The molecule has 0 spiro atoms. The molecule has 1 aliphatic carbocycles. The molecule has 1 aromatic carbocycles. The van der Waals surface area contributed by atoms with Gasteiger partial charge in [0.1, 0.15) is 12.4 Å². The second kappa shape index (κ2) is 5.98. The van der Waals surface area contributed by atoms with Crippen molar-refractivity contribution in [3.63, 3.8) is 0 Å². The summed E-state index contributed by atoms with van der Waals surface area (Å²) in [4.78, 5) is 16.2. The van der Waals surface area contributed by atoms with Crippen molar-refractivity contribution in [3.8, 4) is 11.3 Å². The van der Waals surface area contributed by atoms with E-state index in [1.165, 1.54) is 0 Å². The highest BCUT2D eigenvalue weighted by Gasteiger charge is 2.30. The zero-order valence-corrected chi connectivity index (χ0v) is 13.4. The third-order valence-electron chi connectivity index (χ3n) is 4.36. The molecule has 5 nitrogen and oxygen atoms in total. The largest absolute Gasteiger partial charge is 0.367 e. The first kappa shape index (κ1) is 14.7. The summed E-state index contributed by atoms with van der Waals surface area (Å²) in [5.41, 5.74) is 2.13. The Bertz CT molecular complexity index is 722. The Morgan fingerprint density at radius 3 is 2.87 bits per heavy atom. The Hall–Kier alpha value is -1.85. The molecule has 0 bridgehead atoms. The molecule has 1 atom stereocenters. The van der Waals surface area contributed by atoms with Crippen LogP contribution in [0.25, 0.3) is 11.3 Å². The molecule has 1 aliphatic heterocycles. The number of nitrogens with one attached hydrogen (secondary N) is 1. The number of fused-ring (bicyclic) bond motifs is 1. The molecule has 2 aliphatic rings. The number of hydrogen-bond donors (Lipinski definition) is 1. The van der Waals surface area contributed by atoms with E-state index in [9.17, 15) is 4.79 Å². The molecule has 0 unspecified atom stereocenters. The standard InChI is InChI=1S/C17H18ClN3O2/c18-13-5-3-11(4-6-13)15-8-19-16-10-23-14(9-21(15)16)7-20-17(22)12-1-2-12/h3-6,8,12,14H,1-2,7,9-10H2,(H,20,22)/t14-/m0/s1. The van der Waals surface area contributed by atoms with E-state index in [-0.39, 0.29) is 17.9 Å². The molecule has 120 valence electrons. The maximum Gasteiger partial charge on any atom is 0.223 e. The summed E-state index contributed by atoms with van der Waals surface area (Å²) in [6.45, 7) is 1.71. The van der Waals surface area contributed by atoms with Crippen molar-refractivity contribution >= 4 is 17.5 Å². The van der Waals surface area contributed by atoms with Gasteiger partial charge in [0.05, 0.1) is 24.5 Å². The van der Waals surface area contributed by atoms with Gasteiger partial charge in [-0.15, -0.1) is 0 Å². The van der Waals surface area contributed by atoms with Crippen LogP contribution in [0.3, 0.4) is 0 Å². The molecule has 6 heteroatoms. The van der Waals surface area contributed by atoms with Gasteiger partial charge in [-0.2, -0.15) is 0 Å². The molecule has 23 heavy (non-hydrogen) atoms. The van der Waals surface area contributed by atoms with Crippen molar-refractivity contribution in [2.45, 2.75) is 32.1 Å². The highest BCUT2D eigenvalue weighted by Crippen LogP contribution is 2.29. The molecule has 1 amide bonds. The second-order valence-electron chi connectivity index (χ2n) is 6.13. The van der Waals surface area contributed by atoms with E-state index in [2.05, 4.69) is 14.9 Å². The first-order valence-electron chi connectivity index (χ1n) is 7.90. The van der Waals surface area contributed by atoms with Crippen LogP contribution in [-0.2, 0) is 22.7 Å². The van der Waals surface area contributed by atoms with Crippen LogP contribution in [0.5, 0.6) is 0 Å². The number of halogens is 1. The maximum atomic E-state index is 11.8. The van der Waals surface area contributed by atoms with Crippen molar-refractivity contribution in [2.75, 3.05) is 6.54 Å². The van der Waals surface area contributed by atoms with Crippen LogP contribution in [0.4, 0.5) is 0 Å². The fourth-order valence-electron chi connectivity index (χ4n) is 2.86. The molecule has 0 saturated heterocycles. The Morgan fingerprint density at radius 1 is 1.35 bits per heavy atom. The van der Waals surface area contributed by atoms with Gasteiger partial charge in [0, 0.05) is 17.5 Å². The SMILES string of the molecule is O=C(NC[C@H]1Cn2c(-c3ccc(Cl)cc3)cnc2CO1)C1CC1. The molecule has 2 aromatic rings. The molecule has 1 fully saturated rings. The highest BCUT2D eigenvalue weighted by atomic mass is 35.5. The summed E-state index contributed by atoms with van der Waals surface area (Å²) >= 11 is 5.96. The van der Waals surface area contributed by atoms with E-state index in [0.29, 0.717) is 19.7 Å². The molecule has 0 radical (unpaired) electrons. The van der Waals surface area contributed by atoms with Crippen LogP contribution in [0.1, 0.15) is 18.7 Å². The monoisotopic (exact) mass is 331 g/mol. The minimum absolute atomic E-state index is 0.0227. The summed E-state index contributed by atoms with van der Waals surface area (Å²) in [5, 5.41) is 3.71. The molecular weight excluding hydrogens is 314 g/mol. The molecule has 1 aromatic heterocycles. The quantitative estimate of drug-likeness (QED) is 0.937. The Labute approximate surface area is 139 Å². The lowest BCUT2D eigenvalue weighted by molar-refractivity contribution is -0.123. The number of amides is 1. The third kappa shape index (κ3) is 3.12. The van der Waals surface area contributed by atoms with Gasteiger partial charge in [-0.25, -0.2) is 4.98 Å². The predicted octanol–water partition coefficient (Wildman–Crippen LogP) is 2.63. The summed E-state index contributed by atoms with van der Waals surface area (Å²) < 4.78 is 7.97. The number of carbonyl (C=O) groups excluding carboxylic acids is 1. The van der Waals surface area contributed by atoms with Crippen LogP contribution >= 0.6 is 11.6 Å². The number of imidazole rings is 1. The third-order valence-corrected chi connectivity index (χ3v) is 4.62. The number of aromatic nitrogens is 2. The highest BCUT2D eigenvalue weighted by molar-refractivity contribution is 6.30. The van der Waals surface area contributed by atoms with Gasteiger partial charge in [-0.1, -0.05) is 23.7 Å². The van der Waals surface area contributed by atoms with Gasteiger partial charge in [0.25, 0.3) is 0 Å². The first-order chi connectivity index (χ1) is 11.2. The molecule has 2 heterocycles. The van der Waals surface area contributed by atoms with Crippen LogP contribution in [0, 0.1) is 5.92 Å². The summed E-state index contributed by atoms with van der Waals surface area (Å²) in [6, 6.07) is 7.74. The summed E-state index contributed by atoms with van der Waals surface area (Å²) in [5.74, 6) is 1.30. The second-order valence-corrected chi connectivity index (χ2v) is 6.57. The summed E-state index contributed by atoms with van der Waals surface area (Å²) in [6.07, 6.45) is 3.88. The first-order valence-corrected chi connectivity index (χ1v) is 8.28. The fraction of sp³-hybridized carbons (Fsp3) is 0.412. The lowest BCUT2D eigenvalue weighted by Crippen LogP contribution is -2.39. The van der Waals surface area contributed by atoms with E-state index < -0.39 is 0 Å². The average Bonchev–Trinajstić information content (AvgIpc) is 3.34. The molecule has 4 rings (SSSR count). The lowest BCUT2D eigenvalue weighted by atomic mass is 10.1. The molecular formula is C17H18ClN3O2. The topological polar surface area (TPSA) is 56.2 Å². The fourth-order valence-corrected chi connectivity index (χ4v) is 2.99. The van der Waals surface area contributed by atoms with Gasteiger partial charge in [0.2, 0.25) is 5.91 Å². The zero-order chi connectivity index (χ0) is 15.8. The number of ether oxygens (including phenoxy) is 1.